The fourth-order valence-corrected chi connectivity index (χ4v) is 2.52. The lowest BCUT2D eigenvalue weighted by Gasteiger charge is -2.09. The molecule has 0 bridgehead atoms. The molecule has 0 radical (unpaired) electrons. The van der Waals surface area contributed by atoms with E-state index in [0.29, 0.717) is 5.33 Å². The number of nitro benzene ring substituents is 1. The van der Waals surface area contributed by atoms with Crippen LogP contribution in [0, 0.1) is 10.1 Å². The van der Waals surface area contributed by atoms with Gasteiger partial charge in [-0.05, 0) is 30.0 Å². The van der Waals surface area contributed by atoms with E-state index in [1.807, 2.05) is 0 Å². The Morgan fingerprint density at radius 2 is 2.22 bits per heavy atom. The fourth-order valence-electron chi connectivity index (χ4n) is 1.80. The van der Waals surface area contributed by atoms with Crippen LogP contribution in [-0.4, -0.2) is 22.5 Å². The van der Waals surface area contributed by atoms with Gasteiger partial charge in [-0.15, -0.1) is 0 Å². The van der Waals surface area contributed by atoms with Crippen LogP contribution in [0.25, 0.3) is 5.57 Å². The second-order valence-electron chi connectivity index (χ2n) is 4.02. The molecule has 0 unspecified atom stereocenters. The van der Waals surface area contributed by atoms with Crippen molar-refractivity contribution in [2.75, 3.05) is 12.4 Å². The molecular formula is C12H12BrNO4. The van der Waals surface area contributed by atoms with Gasteiger partial charge in [0.2, 0.25) is 5.75 Å². The quantitative estimate of drug-likeness (QED) is 0.526. The molecule has 2 rings (SSSR count). The van der Waals surface area contributed by atoms with Crippen LogP contribution in [0.15, 0.2) is 17.7 Å². The van der Waals surface area contributed by atoms with Crippen LogP contribution in [0.4, 0.5) is 5.69 Å². The predicted octanol–water partition coefficient (Wildman–Crippen LogP) is 3.25. The number of hydrogen-bond donors (Lipinski definition) is 1. The van der Waals surface area contributed by atoms with E-state index < -0.39 is 10.7 Å². The summed E-state index contributed by atoms with van der Waals surface area (Å²) >= 11 is 3.39. The maximum atomic E-state index is 10.9. The number of aromatic hydroxyl groups is 1. The van der Waals surface area contributed by atoms with Crippen molar-refractivity contribution in [3.8, 4) is 11.5 Å². The van der Waals surface area contributed by atoms with E-state index in [0.717, 1.165) is 24.0 Å². The van der Waals surface area contributed by atoms with E-state index >= 15 is 0 Å². The molecule has 5 nitrogen and oxygen atoms in total. The molecule has 1 fully saturated rings. The summed E-state index contributed by atoms with van der Waals surface area (Å²) < 4.78 is 4.98. The lowest BCUT2D eigenvalue weighted by Crippen LogP contribution is -1.95. The Balaban J connectivity index is 2.59. The van der Waals surface area contributed by atoms with E-state index in [9.17, 15) is 15.2 Å². The number of ether oxygens (including phenoxy) is 1. The van der Waals surface area contributed by atoms with Gasteiger partial charge < -0.3 is 9.84 Å². The second kappa shape index (κ2) is 4.97. The Morgan fingerprint density at radius 3 is 2.67 bits per heavy atom. The van der Waals surface area contributed by atoms with Gasteiger partial charge in [-0.25, -0.2) is 0 Å². The Kier molecular flexibility index (Phi) is 3.56. The van der Waals surface area contributed by atoms with Crippen molar-refractivity contribution < 1.29 is 14.8 Å². The minimum Gasteiger partial charge on any atom is -0.500 e. The minimum absolute atomic E-state index is 0.124. The number of nitrogens with zero attached hydrogens (tertiary/aromatic N) is 1. The Morgan fingerprint density at radius 1 is 1.56 bits per heavy atom. The summed E-state index contributed by atoms with van der Waals surface area (Å²) in [6.07, 6.45) is 2.05. The third-order valence-electron chi connectivity index (χ3n) is 2.88. The first kappa shape index (κ1) is 12.9. The number of methoxy groups -OCH3 is 1. The van der Waals surface area contributed by atoms with Crippen molar-refractivity contribution in [2.24, 2.45) is 0 Å². The maximum absolute atomic E-state index is 10.9. The molecule has 1 N–H and O–H groups in total. The van der Waals surface area contributed by atoms with Crippen LogP contribution in [0.3, 0.4) is 0 Å². The number of hydrogen-bond acceptors (Lipinski definition) is 4. The smallest absolute Gasteiger partial charge is 0.315 e. The number of allylic oxidation sites excluding steroid dienone is 2. The highest BCUT2D eigenvalue weighted by molar-refractivity contribution is 9.09. The topological polar surface area (TPSA) is 72.6 Å². The second-order valence-corrected chi connectivity index (χ2v) is 4.58. The predicted molar refractivity (Wildman–Crippen MR) is 71.3 cm³/mol. The number of alkyl halides is 1. The molecule has 1 aliphatic carbocycles. The highest BCUT2D eigenvalue weighted by atomic mass is 79.9. The van der Waals surface area contributed by atoms with Gasteiger partial charge in [-0.2, -0.15) is 0 Å². The van der Waals surface area contributed by atoms with E-state index in [1.165, 1.54) is 18.7 Å². The molecule has 0 aliphatic heterocycles. The van der Waals surface area contributed by atoms with Gasteiger partial charge in [0.15, 0.2) is 5.75 Å². The van der Waals surface area contributed by atoms with Crippen LogP contribution in [0.5, 0.6) is 11.5 Å². The lowest BCUT2D eigenvalue weighted by molar-refractivity contribution is -0.386. The van der Waals surface area contributed by atoms with E-state index in [4.69, 9.17) is 4.74 Å². The van der Waals surface area contributed by atoms with Crippen LogP contribution >= 0.6 is 15.9 Å². The summed E-state index contributed by atoms with van der Waals surface area (Å²) in [5.41, 5.74) is 2.72. The van der Waals surface area contributed by atoms with Crippen molar-refractivity contribution in [3.05, 3.63) is 33.4 Å². The highest BCUT2D eigenvalue weighted by Crippen LogP contribution is 2.43. The minimum atomic E-state index is -0.606. The van der Waals surface area contributed by atoms with Gasteiger partial charge in [0.25, 0.3) is 0 Å². The maximum Gasteiger partial charge on any atom is 0.315 e. The first-order valence-corrected chi connectivity index (χ1v) is 6.53. The lowest BCUT2D eigenvalue weighted by atomic mass is 10.0. The molecule has 0 atom stereocenters. The van der Waals surface area contributed by atoms with Crippen LogP contribution in [0.2, 0.25) is 0 Å². The molecule has 1 saturated carbocycles. The molecule has 0 aromatic heterocycles. The molecule has 0 spiro atoms. The molecular weight excluding hydrogens is 302 g/mol. The molecule has 96 valence electrons. The zero-order valence-corrected chi connectivity index (χ0v) is 11.4. The van der Waals surface area contributed by atoms with E-state index in [1.54, 1.807) is 6.07 Å². The van der Waals surface area contributed by atoms with Crippen molar-refractivity contribution >= 4 is 27.2 Å². The third kappa shape index (κ3) is 2.33. The summed E-state index contributed by atoms with van der Waals surface area (Å²) in [5, 5.41) is 21.2. The molecule has 0 amide bonds. The van der Waals surface area contributed by atoms with E-state index in [-0.39, 0.29) is 11.4 Å². The molecule has 1 aliphatic rings. The molecule has 0 saturated heterocycles. The number of halogens is 1. The number of rotatable bonds is 4. The van der Waals surface area contributed by atoms with Gasteiger partial charge in [0.05, 0.1) is 12.0 Å². The monoisotopic (exact) mass is 313 g/mol. The summed E-state index contributed by atoms with van der Waals surface area (Å²) in [4.78, 5) is 10.3. The van der Waals surface area contributed by atoms with Gasteiger partial charge in [-0.3, -0.25) is 10.1 Å². The SMILES string of the molecule is COc1cc(C(CBr)=C2CC2)cc([N+](=O)[O-])c1O. The Hall–Kier alpha value is -1.56. The number of nitro groups is 1. The third-order valence-corrected chi connectivity index (χ3v) is 3.44. The number of benzene rings is 1. The van der Waals surface area contributed by atoms with E-state index in [2.05, 4.69) is 15.9 Å². The zero-order chi connectivity index (χ0) is 13.3. The van der Waals surface area contributed by atoms with Gasteiger partial charge in [0.1, 0.15) is 0 Å². The Labute approximate surface area is 112 Å². The highest BCUT2D eigenvalue weighted by Gasteiger charge is 2.24. The van der Waals surface area contributed by atoms with Gasteiger partial charge in [0, 0.05) is 11.4 Å². The summed E-state index contributed by atoms with van der Waals surface area (Å²) in [7, 11) is 1.38. The normalized spacial score (nSPS) is 13.3. The first-order chi connectivity index (χ1) is 8.58. The van der Waals surface area contributed by atoms with Crippen LogP contribution in [0.1, 0.15) is 18.4 Å². The molecule has 18 heavy (non-hydrogen) atoms. The number of phenolic OH excluding ortho intramolecular Hbond substituents is 1. The summed E-state index contributed by atoms with van der Waals surface area (Å²) in [5.74, 6) is -0.306. The van der Waals surface area contributed by atoms with Gasteiger partial charge in [-0.1, -0.05) is 21.5 Å². The standard InChI is InChI=1S/C12H12BrNO4/c1-18-11-5-8(9(6-13)7-2-3-7)4-10(12(11)15)14(16)17/h4-5,15H,2-3,6H2,1H3. The van der Waals surface area contributed by atoms with Crippen LogP contribution in [-0.2, 0) is 0 Å². The fraction of sp³-hybridized carbons (Fsp3) is 0.333. The molecule has 6 heteroatoms. The first-order valence-electron chi connectivity index (χ1n) is 5.41. The summed E-state index contributed by atoms with van der Waals surface area (Å²) in [6.45, 7) is 0. The largest absolute Gasteiger partial charge is 0.500 e. The van der Waals surface area contributed by atoms with Crippen LogP contribution < -0.4 is 4.74 Å². The Bertz CT molecular complexity index is 533. The zero-order valence-electron chi connectivity index (χ0n) is 9.77. The van der Waals surface area contributed by atoms with Crippen molar-refractivity contribution in [2.45, 2.75) is 12.8 Å². The van der Waals surface area contributed by atoms with Crippen molar-refractivity contribution in [1.82, 2.24) is 0 Å². The number of phenols is 1. The summed E-state index contributed by atoms with van der Waals surface area (Å²) in [6, 6.07) is 3.02. The average molecular weight is 314 g/mol. The van der Waals surface area contributed by atoms with Crippen molar-refractivity contribution in [1.29, 1.82) is 0 Å². The molecule has 0 heterocycles. The van der Waals surface area contributed by atoms with Gasteiger partial charge >= 0.3 is 5.69 Å². The average Bonchev–Trinajstić information content (AvgIpc) is 3.15. The molecule has 1 aromatic carbocycles. The molecule has 1 aromatic rings. The van der Waals surface area contributed by atoms with Crippen molar-refractivity contribution in [3.63, 3.8) is 0 Å².